The van der Waals surface area contributed by atoms with Crippen molar-refractivity contribution in [1.82, 2.24) is 5.32 Å². The first-order valence-corrected chi connectivity index (χ1v) is 11.3. The smallest absolute Gasteiger partial charge is 0.311 e. The summed E-state index contributed by atoms with van der Waals surface area (Å²) in [6.45, 7) is 0.271. The molecule has 0 aromatic heterocycles. The maximum atomic E-state index is 13.7. The van der Waals surface area contributed by atoms with Gasteiger partial charge in [0.05, 0.1) is 18.6 Å². The zero-order valence-electron chi connectivity index (χ0n) is 18.5. The lowest BCUT2D eigenvalue weighted by Gasteiger charge is -2.43. The number of carbonyl (C=O) groups excluding carboxylic acids is 1. The number of fused-ring (bicyclic) bond motifs is 2. The third-order valence-electron chi connectivity index (χ3n) is 7.38. The number of hydrogen-bond donors (Lipinski definition) is 2. The van der Waals surface area contributed by atoms with Gasteiger partial charge in [0, 0.05) is 30.4 Å². The second-order valence-electron chi connectivity index (χ2n) is 9.06. The van der Waals surface area contributed by atoms with Gasteiger partial charge in [0.1, 0.15) is 5.75 Å². The average Bonchev–Trinajstić information content (AvgIpc) is 3.24. The predicted octanol–water partition coefficient (Wildman–Crippen LogP) is 3.85. The van der Waals surface area contributed by atoms with Crippen LogP contribution in [0.5, 0.6) is 5.75 Å². The predicted molar refractivity (Wildman–Crippen MR) is 125 cm³/mol. The van der Waals surface area contributed by atoms with E-state index in [9.17, 15) is 14.7 Å². The lowest BCUT2D eigenvalue weighted by atomic mass is 9.57. The first kappa shape index (κ1) is 21.4. The number of aliphatic carboxylic acids is 1. The van der Waals surface area contributed by atoms with E-state index in [0.717, 1.165) is 22.3 Å². The number of rotatable bonds is 6. The Bertz CT molecular complexity index is 1190. The lowest BCUT2D eigenvalue weighted by molar-refractivity contribution is -0.151. The highest BCUT2D eigenvalue weighted by Crippen LogP contribution is 2.54. The molecule has 33 heavy (non-hydrogen) atoms. The number of methoxy groups -OCH3 is 1. The molecular weight excluding hydrogens is 414 g/mol. The van der Waals surface area contributed by atoms with Gasteiger partial charge in [-0.15, -0.1) is 0 Å². The van der Waals surface area contributed by atoms with Crippen LogP contribution in [0, 0.1) is 11.3 Å². The molecule has 4 atom stereocenters. The Balaban J connectivity index is 1.61. The Morgan fingerprint density at radius 2 is 1.70 bits per heavy atom. The number of carbonyl (C=O) groups is 2. The average molecular weight is 442 g/mol. The molecule has 1 heterocycles. The molecule has 0 saturated carbocycles. The number of para-hydroxylation sites is 1. The number of nitrogens with one attached hydrogen (secondary N) is 1. The summed E-state index contributed by atoms with van der Waals surface area (Å²) in [4.78, 5) is 26.5. The minimum atomic E-state index is -1.05. The van der Waals surface area contributed by atoms with Crippen LogP contribution in [0.4, 0.5) is 0 Å². The van der Waals surface area contributed by atoms with E-state index in [1.165, 1.54) is 0 Å². The van der Waals surface area contributed by atoms with Crippen molar-refractivity contribution in [3.63, 3.8) is 0 Å². The number of Topliss-reactive ketones (excluding diaryl/α,β-unsaturated/α-hetero) is 1. The molecule has 0 radical (unpaired) electrons. The molecule has 1 aliphatic carbocycles. The van der Waals surface area contributed by atoms with E-state index in [1.54, 1.807) is 7.11 Å². The van der Waals surface area contributed by atoms with Gasteiger partial charge in [0.25, 0.3) is 0 Å². The SMILES string of the molecule is COc1ccccc1CC(=O)C1NCC2(C(=O)O)Cc3ccccc3C(c3ccccc3)C12. The van der Waals surface area contributed by atoms with E-state index in [-0.39, 0.29) is 24.7 Å². The summed E-state index contributed by atoms with van der Waals surface area (Å²) in [7, 11) is 1.59. The molecule has 168 valence electrons. The van der Waals surface area contributed by atoms with Crippen molar-refractivity contribution in [2.45, 2.75) is 24.8 Å². The molecule has 0 amide bonds. The van der Waals surface area contributed by atoms with Crippen LogP contribution < -0.4 is 10.1 Å². The molecular formula is C28H27NO4. The van der Waals surface area contributed by atoms with Crippen LogP contribution in [0.3, 0.4) is 0 Å². The summed E-state index contributed by atoms with van der Waals surface area (Å²) in [5, 5.41) is 13.8. The number of carboxylic acids is 1. The van der Waals surface area contributed by atoms with Crippen molar-refractivity contribution in [1.29, 1.82) is 0 Å². The molecule has 3 aromatic carbocycles. The molecule has 3 aromatic rings. The van der Waals surface area contributed by atoms with Gasteiger partial charge in [0.2, 0.25) is 0 Å². The molecule has 2 N–H and O–H groups in total. The highest BCUT2D eigenvalue weighted by molar-refractivity contribution is 5.90. The number of ether oxygens (including phenoxy) is 1. The van der Waals surface area contributed by atoms with Crippen molar-refractivity contribution in [3.05, 3.63) is 101 Å². The van der Waals surface area contributed by atoms with Crippen LogP contribution >= 0.6 is 0 Å². The molecule has 5 heteroatoms. The molecule has 5 rings (SSSR count). The number of hydrogen-bond acceptors (Lipinski definition) is 4. The maximum Gasteiger partial charge on any atom is 0.311 e. The van der Waals surface area contributed by atoms with Gasteiger partial charge < -0.3 is 15.2 Å². The summed E-state index contributed by atoms with van der Waals surface area (Å²) >= 11 is 0. The summed E-state index contributed by atoms with van der Waals surface area (Å²) in [5.74, 6) is -0.763. The fourth-order valence-corrected chi connectivity index (χ4v) is 5.88. The van der Waals surface area contributed by atoms with Gasteiger partial charge >= 0.3 is 5.97 Å². The number of benzene rings is 3. The van der Waals surface area contributed by atoms with Gasteiger partial charge in [-0.1, -0.05) is 72.8 Å². The molecule has 1 aliphatic heterocycles. The Kier molecular flexibility index (Phi) is 5.51. The van der Waals surface area contributed by atoms with Crippen LogP contribution in [0.1, 0.15) is 28.2 Å². The second-order valence-corrected chi connectivity index (χ2v) is 9.06. The normalized spacial score (nSPS) is 25.7. The van der Waals surface area contributed by atoms with Gasteiger partial charge in [-0.3, -0.25) is 9.59 Å². The fraction of sp³-hybridized carbons (Fsp3) is 0.286. The van der Waals surface area contributed by atoms with Crippen LogP contribution in [-0.4, -0.2) is 36.6 Å². The molecule has 2 aliphatic rings. The molecule has 1 fully saturated rings. The zero-order chi connectivity index (χ0) is 23.0. The lowest BCUT2D eigenvalue weighted by Crippen LogP contribution is -2.49. The highest BCUT2D eigenvalue weighted by Gasteiger charge is 2.61. The van der Waals surface area contributed by atoms with E-state index >= 15 is 0 Å². The van der Waals surface area contributed by atoms with Gasteiger partial charge in [0.15, 0.2) is 5.78 Å². The first-order valence-electron chi connectivity index (χ1n) is 11.3. The number of ketones is 1. The first-order chi connectivity index (χ1) is 16.0. The van der Waals surface area contributed by atoms with E-state index < -0.39 is 23.3 Å². The van der Waals surface area contributed by atoms with Crippen molar-refractivity contribution in [2.24, 2.45) is 11.3 Å². The van der Waals surface area contributed by atoms with Gasteiger partial charge in [-0.05, 0) is 29.2 Å². The molecule has 4 unspecified atom stereocenters. The topological polar surface area (TPSA) is 75.6 Å². The van der Waals surface area contributed by atoms with E-state index in [0.29, 0.717) is 12.2 Å². The third kappa shape index (κ3) is 3.53. The molecule has 0 bridgehead atoms. The summed E-state index contributed by atoms with van der Waals surface area (Å²) in [6.07, 6.45) is 0.606. The van der Waals surface area contributed by atoms with E-state index in [4.69, 9.17) is 4.74 Å². The van der Waals surface area contributed by atoms with Crippen LogP contribution in [-0.2, 0) is 22.4 Å². The monoisotopic (exact) mass is 441 g/mol. The maximum absolute atomic E-state index is 13.7. The van der Waals surface area contributed by atoms with E-state index in [2.05, 4.69) is 11.4 Å². The van der Waals surface area contributed by atoms with Crippen LogP contribution in [0.25, 0.3) is 0 Å². The largest absolute Gasteiger partial charge is 0.496 e. The minimum absolute atomic E-state index is 0.00654. The van der Waals surface area contributed by atoms with E-state index in [1.807, 2.05) is 72.8 Å². The standard InChI is InChI=1S/C28H27NO4/c1-33-23-14-8-6-11-19(23)15-22(30)26-25-24(18-9-3-2-4-10-18)21-13-7-5-12-20(21)16-28(25,17-29-26)27(31)32/h2-14,24-26,29H,15-17H2,1H3,(H,31,32). The second kappa shape index (κ2) is 8.49. The van der Waals surface area contributed by atoms with Crippen molar-refractivity contribution in [2.75, 3.05) is 13.7 Å². The van der Waals surface area contributed by atoms with Gasteiger partial charge in [-0.25, -0.2) is 0 Å². The summed E-state index contributed by atoms with van der Waals surface area (Å²) < 4.78 is 5.44. The Hall–Kier alpha value is -3.44. The minimum Gasteiger partial charge on any atom is -0.496 e. The Morgan fingerprint density at radius 1 is 1.00 bits per heavy atom. The molecule has 5 nitrogen and oxygen atoms in total. The Labute approximate surface area is 193 Å². The summed E-state index contributed by atoms with van der Waals surface area (Å²) in [6, 6.07) is 25.0. The molecule has 0 spiro atoms. The third-order valence-corrected chi connectivity index (χ3v) is 7.38. The summed E-state index contributed by atoms with van der Waals surface area (Å²) in [5.41, 5.74) is 2.97. The fourth-order valence-electron chi connectivity index (χ4n) is 5.88. The quantitative estimate of drug-likeness (QED) is 0.608. The van der Waals surface area contributed by atoms with Crippen molar-refractivity contribution < 1.29 is 19.4 Å². The van der Waals surface area contributed by atoms with Crippen LogP contribution in [0.2, 0.25) is 0 Å². The Morgan fingerprint density at radius 3 is 2.45 bits per heavy atom. The van der Waals surface area contributed by atoms with Gasteiger partial charge in [-0.2, -0.15) is 0 Å². The van der Waals surface area contributed by atoms with Crippen LogP contribution in [0.15, 0.2) is 78.9 Å². The zero-order valence-corrected chi connectivity index (χ0v) is 18.5. The van der Waals surface area contributed by atoms with Crippen molar-refractivity contribution >= 4 is 11.8 Å². The van der Waals surface area contributed by atoms with Crippen molar-refractivity contribution in [3.8, 4) is 5.75 Å². The highest BCUT2D eigenvalue weighted by atomic mass is 16.5. The number of carboxylic acid groups (broad SMARTS) is 1. The molecule has 1 saturated heterocycles.